The van der Waals surface area contributed by atoms with Crippen LogP contribution in [0.25, 0.3) is 0 Å². The molecule has 242 valence electrons. The number of amides is 3. The molecule has 1 aliphatic heterocycles. The summed E-state index contributed by atoms with van der Waals surface area (Å²) >= 11 is 3.27. The molecule has 2 saturated carbocycles. The Morgan fingerprint density at radius 1 is 1.11 bits per heavy atom. The normalized spacial score (nSPS) is 26.0. The van der Waals surface area contributed by atoms with Crippen molar-refractivity contribution in [2.75, 3.05) is 13.7 Å². The van der Waals surface area contributed by atoms with Crippen LogP contribution in [0, 0.1) is 11.3 Å². The lowest BCUT2D eigenvalue weighted by molar-refractivity contribution is -0.148. The molecule has 0 bridgehead atoms. The minimum Gasteiger partial charge on any atom is -0.467 e. The van der Waals surface area contributed by atoms with E-state index in [-0.39, 0.29) is 36.3 Å². The molecular weight excluding hydrogens is 658 g/mol. The average Bonchev–Trinajstić information content (AvgIpc) is 3.24. The van der Waals surface area contributed by atoms with E-state index in [4.69, 9.17) is 13.7 Å². The van der Waals surface area contributed by atoms with Crippen molar-refractivity contribution < 1.29 is 41.3 Å². The fourth-order valence-electron chi connectivity index (χ4n) is 5.81. The highest BCUT2D eigenvalue weighted by Crippen LogP contribution is 2.45. The summed E-state index contributed by atoms with van der Waals surface area (Å²) in [6, 6.07) is 3.53. The van der Waals surface area contributed by atoms with Crippen LogP contribution in [0.15, 0.2) is 46.3 Å². The Morgan fingerprint density at radius 3 is 2.30 bits per heavy atom. The molecule has 3 aliphatic rings. The number of carbonyl (C=O) groups excluding carboxylic acids is 4. The first-order chi connectivity index (χ1) is 20.6. The number of hydrogen-bond donors (Lipinski definition) is 2. The SMILES string of the molecule is C=C[C@@H]1C[C@]1(NC(=O)C1C[C@H](OS(=O)(=O)c2ccc(Br)cc2)CN1C(=O)[C@@H](NC(=O)OC1CCCC1)C(C)(C)C)C(=O)OC. The number of halogens is 1. The zero-order chi connectivity index (χ0) is 32.4. The molecule has 1 aromatic carbocycles. The Hall–Kier alpha value is -2.97. The molecule has 5 atom stereocenters. The van der Waals surface area contributed by atoms with E-state index >= 15 is 0 Å². The summed E-state index contributed by atoms with van der Waals surface area (Å²) in [6.07, 6.45) is 2.97. The molecule has 3 amide bonds. The smallest absolute Gasteiger partial charge is 0.408 e. The third-order valence-corrected chi connectivity index (χ3v) is 10.3. The van der Waals surface area contributed by atoms with Gasteiger partial charge in [0, 0.05) is 23.4 Å². The topological polar surface area (TPSA) is 157 Å². The molecule has 0 aromatic heterocycles. The standard InChI is InChI=1S/C30H40BrN3O9S/c1-6-18-16-30(18,27(37)41-5)33-25(35)23-15-21(43-44(39,40)22-13-11-19(31)12-14-22)17-34(23)26(36)24(29(2,3)4)32-28(38)42-20-9-7-8-10-20/h6,11-14,18,20-21,23-24H,1,7-10,15-17H2,2-5H3,(H,32,38)(H,33,35)/t18-,21+,23?,24-,30-/m1/s1. The summed E-state index contributed by atoms with van der Waals surface area (Å²) in [5.74, 6) is -2.32. The van der Waals surface area contributed by atoms with Gasteiger partial charge in [0.25, 0.3) is 10.1 Å². The summed E-state index contributed by atoms with van der Waals surface area (Å²) in [5, 5.41) is 5.42. The summed E-state index contributed by atoms with van der Waals surface area (Å²) in [4.78, 5) is 54.5. The van der Waals surface area contributed by atoms with Crippen LogP contribution in [0.1, 0.15) is 59.3 Å². The van der Waals surface area contributed by atoms with Gasteiger partial charge in [-0.1, -0.05) is 42.8 Å². The first-order valence-electron chi connectivity index (χ1n) is 14.6. The van der Waals surface area contributed by atoms with Crippen LogP contribution < -0.4 is 10.6 Å². The van der Waals surface area contributed by atoms with Crippen LogP contribution in [0.3, 0.4) is 0 Å². The van der Waals surface area contributed by atoms with Crippen molar-refractivity contribution in [1.29, 1.82) is 0 Å². The molecule has 12 nitrogen and oxygen atoms in total. The monoisotopic (exact) mass is 697 g/mol. The zero-order valence-corrected chi connectivity index (χ0v) is 27.7. The van der Waals surface area contributed by atoms with Gasteiger partial charge in [0.1, 0.15) is 23.7 Å². The van der Waals surface area contributed by atoms with Crippen LogP contribution in [-0.2, 0) is 38.2 Å². The molecule has 1 aromatic rings. The number of likely N-dealkylation sites (tertiary alicyclic amines) is 1. The Kier molecular flexibility index (Phi) is 10.2. The fraction of sp³-hybridized carbons (Fsp3) is 0.600. The maximum Gasteiger partial charge on any atom is 0.408 e. The van der Waals surface area contributed by atoms with Crippen LogP contribution in [0.5, 0.6) is 0 Å². The van der Waals surface area contributed by atoms with Gasteiger partial charge in [-0.25, -0.2) is 9.59 Å². The van der Waals surface area contributed by atoms with Gasteiger partial charge in [0.2, 0.25) is 11.8 Å². The van der Waals surface area contributed by atoms with E-state index in [0.717, 1.165) is 25.7 Å². The Morgan fingerprint density at radius 2 is 1.75 bits per heavy atom. The lowest BCUT2D eigenvalue weighted by atomic mass is 9.85. The zero-order valence-electron chi connectivity index (χ0n) is 25.3. The van der Waals surface area contributed by atoms with E-state index in [2.05, 4.69) is 33.1 Å². The average molecular weight is 699 g/mol. The molecule has 0 spiro atoms. The molecule has 1 saturated heterocycles. The van der Waals surface area contributed by atoms with Gasteiger partial charge >= 0.3 is 12.1 Å². The van der Waals surface area contributed by atoms with Crippen LogP contribution >= 0.6 is 15.9 Å². The summed E-state index contributed by atoms with van der Waals surface area (Å²) in [5.41, 5.74) is -2.15. The molecule has 3 fully saturated rings. The molecule has 4 rings (SSSR count). The van der Waals surface area contributed by atoms with E-state index in [0.29, 0.717) is 4.47 Å². The maximum atomic E-state index is 14.1. The molecule has 2 aliphatic carbocycles. The molecule has 44 heavy (non-hydrogen) atoms. The van der Waals surface area contributed by atoms with Gasteiger partial charge in [-0.05, 0) is 61.8 Å². The first kappa shape index (κ1) is 33.9. The summed E-state index contributed by atoms with van der Waals surface area (Å²) in [7, 11) is -3.05. The van der Waals surface area contributed by atoms with Crippen molar-refractivity contribution in [2.45, 2.75) is 94.0 Å². The number of ether oxygens (including phenoxy) is 2. The predicted octanol–water partition coefficient (Wildman–Crippen LogP) is 3.44. The number of nitrogens with zero attached hydrogens (tertiary/aromatic N) is 1. The number of benzene rings is 1. The minimum absolute atomic E-state index is 0.0909. The van der Waals surface area contributed by atoms with E-state index < -0.39 is 63.1 Å². The minimum atomic E-state index is -4.26. The summed E-state index contributed by atoms with van der Waals surface area (Å²) in [6.45, 7) is 8.74. The fourth-order valence-corrected chi connectivity index (χ4v) is 7.15. The molecule has 1 heterocycles. The first-order valence-corrected chi connectivity index (χ1v) is 16.8. The number of carbonyl (C=O) groups is 4. The van der Waals surface area contributed by atoms with Crippen molar-refractivity contribution >= 4 is 49.9 Å². The third kappa shape index (κ3) is 7.45. The van der Waals surface area contributed by atoms with E-state index in [9.17, 15) is 27.6 Å². The van der Waals surface area contributed by atoms with E-state index in [1.165, 1.54) is 24.1 Å². The number of nitrogens with one attached hydrogen (secondary N) is 2. The van der Waals surface area contributed by atoms with Crippen LogP contribution in [0.4, 0.5) is 4.79 Å². The number of methoxy groups -OCH3 is 1. The number of hydrogen-bond acceptors (Lipinski definition) is 9. The van der Waals surface area contributed by atoms with Crippen molar-refractivity contribution in [3.05, 3.63) is 41.4 Å². The number of esters is 1. The van der Waals surface area contributed by atoms with Crippen LogP contribution in [-0.4, -0.2) is 80.7 Å². The summed E-state index contributed by atoms with van der Waals surface area (Å²) < 4.78 is 42.9. The van der Waals surface area contributed by atoms with Crippen molar-refractivity contribution in [1.82, 2.24) is 15.5 Å². The van der Waals surface area contributed by atoms with E-state index in [1.54, 1.807) is 39.0 Å². The quantitative estimate of drug-likeness (QED) is 0.212. The van der Waals surface area contributed by atoms with Gasteiger partial charge < -0.3 is 25.0 Å². The molecular formula is C30H40BrN3O9S. The van der Waals surface area contributed by atoms with Gasteiger partial charge in [-0.2, -0.15) is 8.42 Å². The lowest BCUT2D eigenvalue weighted by Gasteiger charge is -2.35. The lowest BCUT2D eigenvalue weighted by Crippen LogP contribution is -2.59. The third-order valence-electron chi connectivity index (χ3n) is 8.36. The Balaban J connectivity index is 1.60. The highest BCUT2D eigenvalue weighted by Gasteiger charge is 2.62. The highest BCUT2D eigenvalue weighted by molar-refractivity contribution is 9.10. The van der Waals surface area contributed by atoms with Crippen LogP contribution in [0.2, 0.25) is 0 Å². The molecule has 2 N–H and O–H groups in total. The molecule has 0 radical (unpaired) electrons. The molecule has 1 unspecified atom stereocenters. The number of rotatable bonds is 10. The Bertz CT molecular complexity index is 1390. The molecule has 14 heteroatoms. The predicted molar refractivity (Wildman–Crippen MR) is 163 cm³/mol. The van der Waals surface area contributed by atoms with Crippen molar-refractivity contribution in [3.63, 3.8) is 0 Å². The van der Waals surface area contributed by atoms with Gasteiger partial charge in [0.15, 0.2) is 0 Å². The second-order valence-corrected chi connectivity index (χ2v) is 15.1. The second kappa shape index (κ2) is 13.2. The van der Waals surface area contributed by atoms with Crippen molar-refractivity contribution in [3.8, 4) is 0 Å². The maximum absolute atomic E-state index is 14.1. The van der Waals surface area contributed by atoms with E-state index in [1.807, 2.05) is 0 Å². The highest BCUT2D eigenvalue weighted by atomic mass is 79.9. The van der Waals surface area contributed by atoms with Gasteiger partial charge in [-0.15, -0.1) is 6.58 Å². The Labute approximate surface area is 266 Å². The largest absolute Gasteiger partial charge is 0.467 e. The van der Waals surface area contributed by atoms with Gasteiger partial charge in [-0.3, -0.25) is 13.8 Å². The second-order valence-electron chi connectivity index (χ2n) is 12.6. The number of alkyl carbamates (subject to hydrolysis) is 1. The van der Waals surface area contributed by atoms with Gasteiger partial charge in [0.05, 0.1) is 18.1 Å². The van der Waals surface area contributed by atoms with Crippen molar-refractivity contribution in [2.24, 2.45) is 11.3 Å².